The van der Waals surface area contributed by atoms with E-state index in [1.165, 1.54) is 0 Å². The molecule has 0 fully saturated rings. The Morgan fingerprint density at radius 1 is 1.56 bits per heavy atom. The molecule has 0 heterocycles. The number of quaternary nitrogens is 1. The van der Waals surface area contributed by atoms with Crippen LogP contribution in [-0.4, -0.2) is 37.0 Å². The van der Waals surface area contributed by atoms with E-state index in [9.17, 15) is 0 Å². The standard InChI is InChI=1S/C7H13BrN/c1-4-6-9(2,3)7-5-8/h1H,5-7H2,2-3H3/q+1. The molecule has 0 atom stereocenters. The van der Waals surface area contributed by atoms with Crippen LogP contribution in [0.3, 0.4) is 0 Å². The molecular weight excluding hydrogens is 178 g/mol. The minimum atomic E-state index is 0.811. The fourth-order valence-electron chi connectivity index (χ4n) is 0.555. The zero-order valence-corrected chi connectivity index (χ0v) is 7.61. The van der Waals surface area contributed by atoms with Gasteiger partial charge in [0.15, 0.2) is 0 Å². The summed E-state index contributed by atoms with van der Waals surface area (Å²) in [7, 11) is 4.25. The van der Waals surface area contributed by atoms with E-state index in [1.807, 2.05) is 0 Å². The number of hydrogen-bond acceptors (Lipinski definition) is 0. The zero-order chi connectivity index (χ0) is 7.33. The minimum Gasteiger partial charge on any atom is -0.318 e. The molecule has 52 valence electrons. The summed E-state index contributed by atoms with van der Waals surface area (Å²) in [6.45, 7) is 1.90. The van der Waals surface area contributed by atoms with Crippen LogP contribution in [0.2, 0.25) is 0 Å². The molecule has 0 radical (unpaired) electrons. The molecule has 0 aromatic heterocycles. The second-order valence-corrected chi connectivity index (χ2v) is 3.50. The van der Waals surface area contributed by atoms with E-state index in [4.69, 9.17) is 6.42 Å². The first kappa shape index (κ1) is 9.00. The average molecular weight is 191 g/mol. The van der Waals surface area contributed by atoms with Gasteiger partial charge in [0.1, 0.15) is 6.54 Å². The van der Waals surface area contributed by atoms with Crippen molar-refractivity contribution in [2.45, 2.75) is 0 Å². The van der Waals surface area contributed by atoms with Gasteiger partial charge in [-0.3, -0.25) is 0 Å². The molecule has 0 aliphatic heterocycles. The highest BCUT2D eigenvalue weighted by Gasteiger charge is 2.10. The number of halogens is 1. The minimum absolute atomic E-state index is 0.811. The van der Waals surface area contributed by atoms with Gasteiger partial charge in [-0.25, -0.2) is 0 Å². The van der Waals surface area contributed by atoms with Gasteiger partial charge in [0, 0.05) is 0 Å². The molecule has 2 heteroatoms. The van der Waals surface area contributed by atoms with Gasteiger partial charge in [-0.05, 0) is 5.92 Å². The molecule has 0 bridgehead atoms. The third-order valence-corrected chi connectivity index (χ3v) is 1.56. The van der Waals surface area contributed by atoms with E-state index in [2.05, 4.69) is 35.9 Å². The summed E-state index contributed by atoms with van der Waals surface area (Å²) in [4.78, 5) is 0. The van der Waals surface area contributed by atoms with Crippen LogP contribution in [0.5, 0.6) is 0 Å². The van der Waals surface area contributed by atoms with Crippen molar-refractivity contribution in [3.8, 4) is 12.3 Å². The number of nitrogens with zero attached hydrogens (tertiary/aromatic N) is 1. The van der Waals surface area contributed by atoms with Gasteiger partial charge in [-0.2, -0.15) is 0 Å². The van der Waals surface area contributed by atoms with E-state index in [0.29, 0.717) is 0 Å². The Labute approximate surface area is 65.8 Å². The molecule has 0 aromatic rings. The largest absolute Gasteiger partial charge is 0.318 e. The van der Waals surface area contributed by atoms with Crippen LogP contribution in [0.15, 0.2) is 0 Å². The molecule has 0 N–H and O–H groups in total. The van der Waals surface area contributed by atoms with Crippen molar-refractivity contribution in [3.63, 3.8) is 0 Å². The Morgan fingerprint density at radius 2 is 2.11 bits per heavy atom. The normalized spacial score (nSPS) is 10.9. The van der Waals surface area contributed by atoms with E-state index >= 15 is 0 Å². The van der Waals surface area contributed by atoms with Gasteiger partial charge in [-0.15, -0.1) is 6.42 Å². The second-order valence-electron chi connectivity index (χ2n) is 2.71. The predicted octanol–water partition coefficient (Wildman–Crippen LogP) is 1.09. The SMILES string of the molecule is C#CC[N+](C)(C)CCBr. The summed E-state index contributed by atoms with van der Waals surface area (Å²) in [5.41, 5.74) is 0. The summed E-state index contributed by atoms with van der Waals surface area (Å²) >= 11 is 3.37. The fourth-order valence-corrected chi connectivity index (χ4v) is 1.52. The van der Waals surface area contributed by atoms with Crippen molar-refractivity contribution in [3.05, 3.63) is 0 Å². The molecule has 0 rings (SSSR count). The molecule has 9 heavy (non-hydrogen) atoms. The van der Waals surface area contributed by atoms with Crippen molar-refractivity contribution in [1.29, 1.82) is 0 Å². The van der Waals surface area contributed by atoms with Crippen LogP contribution in [-0.2, 0) is 0 Å². The Hall–Kier alpha value is 0. The lowest BCUT2D eigenvalue weighted by Crippen LogP contribution is -2.41. The molecule has 0 aliphatic rings. The number of hydrogen-bond donors (Lipinski definition) is 0. The molecule has 0 amide bonds. The molecule has 0 unspecified atom stereocenters. The zero-order valence-electron chi connectivity index (χ0n) is 6.02. The smallest absolute Gasteiger partial charge is 0.140 e. The quantitative estimate of drug-likeness (QED) is 0.356. The van der Waals surface area contributed by atoms with Crippen LogP contribution in [0.1, 0.15) is 0 Å². The van der Waals surface area contributed by atoms with E-state index in [0.717, 1.165) is 22.9 Å². The van der Waals surface area contributed by atoms with Gasteiger partial charge >= 0.3 is 0 Å². The van der Waals surface area contributed by atoms with Crippen LogP contribution in [0.4, 0.5) is 0 Å². The maximum Gasteiger partial charge on any atom is 0.140 e. The van der Waals surface area contributed by atoms with Crippen LogP contribution >= 0.6 is 15.9 Å². The highest BCUT2D eigenvalue weighted by atomic mass is 79.9. The predicted molar refractivity (Wildman–Crippen MR) is 44.5 cm³/mol. The molecule has 0 aliphatic carbocycles. The summed E-state index contributed by atoms with van der Waals surface area (Å²) in [6.07, 6.45) is 5.16. The third kappa shape index (κ3) is 4.50. The molecule has 0 saturated heterocycles. The topological polar surface area (TPSA) is 0 Å². The van der Waals surface area contributed by atoms with Gasteiger partial charge in [0.25, 0.3) is 0 Å². The van der Waals surface area contributed by atoms with Gasteiger partial charge in [0.05, 0.1) is 26.0 Å². The monoisotopic (exact) mass is 190 g/mol. The summed E-state index contributed by atoms with van der Waals surface area (Å²) in [5.74, 6) is 2.64. The fraction of sp³-hybridized carbons (Fsp3) is 0.714. The molecular formula is C7H13BrN+. The highest BCUT2D eigenvalue weighted by molar-refractivity contribution is 9.09. The summed E-state index contributed by atoms with van der Waals surface area (Å²) in [6, 6.07) is 0. The van der Waals surface area contributed by atoms with Crippen molar-refractivity contribution in [1.82, 2.24) is 0 Å². The van der Waals surface area contributed by atoms with Crippen molar-refractivity contribution < 1.29 is 4.48 Å². The lowest BCUT2D eigenvalue weighted by atomic mass is 10.4. The van der Waals surface area contributed by atoms with Crippen molar-refractivity contribution in [2.75, 3.05) is 32.5 Å². The van der Waals surface area contributed by atoms with Crippen LogP contribution in [0.25, 0.3) is 0 Å². The van der Waals surface area contributed by atoms with E-state index in [1.54, 1.807) is 0 Å². The maximum absolute atomic E-state index is 5.16. The second kappa shape index (κ2) is 3.92. The third-order valence-electron chi connectivity index (χ3n) is 1.21. The first-order chi connectivity index (χ1) is 4.12. The number of terminal acetylenes is 1. The highest BCUT2D eigenvalue weighted by Crippen LogP contribution is 1.96. The Balaban J connectivity index is 3.59. The number of alkyl halides is 1. The first-order valence-electron chi connectivity index (χ1n) is 2.94. The van der Waals surface area contributed by atoms with Crippen molar-refractivity contribution >= 4 is 15.9 Å². The van der Waals surface area contributed by atoms with Gasteiger partial charge < -0.3 is 4.48 Å². The maximum atomic E-state index is 5.16. The lowest BCUT2D eigenvalue weighted by Gasteiger charge is -2.25. The molecule has 1 nitrogen and oxygen atoms in total. The molecule has 0 aromatic carbocycles. The lowest BCUT2D eigenvalue weighted by molar-refractivity contribution is -0.880. The Morgan fingerprint density at radius 3 is 2.44 bits per heavy atom. The molecule has 0 saturated carbocycles. The van der Waals surface area contributed by atoms with Gasteiger partial charge in [-0.1, -0.05) is 15.9 Å². The van der Waals surface area contributed by atoms with Gasteiger partial charge in [0.2, 0.25) is 0 Å². The Bertz CT molecular complexity index is 113. The van der Waals surface area contributed by atoms with Crippen molar-refractivity contribution in [2.24, 2.45) is 0 Å². The summed E-state index contributed by atoms with van der Waals surface area (Å²) < 4.78 is 0.905. The Kier molecular flexibility index (Phi) is 3.92. The average Bonchev–Trinajstić information content (AvgIpc) is 1.64. The first-order valence-corrected chi connectivity index (χ1v) is 4.06. The van der Waals surface area contributed by atoms with Crippen LogP contribution < -0.4 is 0 Å². The summed E-state index contributed by atoms with van der Waals surface area (Å²) in [5, 5.41) is 1.02. The number of rotatable bonds is 3. The molecule has 0 spiro atoms. The van der Waals surface area contributed by atoms with Crippen LogP contribution in [0, 0.1) is 12.3 Å². The van der Waals surface area contributed by atoms with E-state index in [-0.39, 0.29) is 0 Å². The van der Waals surface area contributed by atoms with E-state index < -0.39 is 0 Å².